The zero-order valence-electron chi connectivity index (χ0n) is 14.8. The molecule has 1 aromatic carbocycles. The number of fused-ring (bicyclic) bond motifs is 1. The predicted octanol–water partition coefficient (Wildman–Crippen LogP) is 1.83. The van der Waals surface area contributed by atoms with Gasteiger partial charge in [-0.1, -0.05) is 18.2 Å². The van der Waals surface area contributed by atoms with E-state index in [0.717, 1.165) is 24.9 Å². The zero-order valence-corrected chi connectivity index (χ0v) is 14.8. The first-order chi connectivity index (χ1) is 12.5. The van der Waals surface area contributed by atoms with E-state index < -0.39 is 5.91 Å². The van der Waals surface area contributed by atoms with Crippen molar-refractivity contribution in [3.05, 3.63) is 41.5 Å². The molecule has 0 saturated heterocycles. The van der Waals surface area contributed by atoms with Crippen molar-refractivity contribution >= 4 is 23.4 Å². The maximum Gasteiger partial charge on any atom is 0.224 e. The van der Waals surface area contributed by atoms with Gasteiger partial charge in [-0.05, 0) is 55.4 Å². The molecule has 6 heteroatoms. The number of nitrogens with two attached hydrogens (primary N) is 1. The number of hydrogen-bond donors (Lipinski definition) is 3. The number of anilines is 1. The summed E-state index contributed by atoms with van der Waals surface area (Å²) in [4.78, 5) is 35.7. The number of allylic oxidation sites excluding steroid dienone is 1. The van der Waals surface area contributed by atoms with Crippen molar-refractivity contribution in [3.63, 3.8) is 0 Å². The fourth-order valence-corrected chi connectivity index (χ4v) is 3.67. The van der Waals surface area contributed by atoms with Crippen LogP contribution in [0.3, 0.4) is 0 Å². The Bertz CT molecular complexity index is 742. The first kappa shape index (κ1) is 18.2. The van der Waals surface area contributed by atoms with E-state index in [9.17, 15) is 14.4 Å². The van der Waals surface area contributed by atoms with Gasteiger partial charge in [0.05, 0.1) is 5.92 Å². The highest BCUT2D eigenvalue weighted by atomic mass is 16.2. The monoisotopic (exact) mass is 355 g/mol. The van der Waals surface area contributed by atoms with Gasteiger partial charge in [-0.15, -0.1) is 0 Å². The van der Waals surface area contributed by atoms with E-state index in [2.05, 4.69) is 16.7 Å². The molecule has 138 valence electrons. The van der Waals surface area contributed by atoms with Gasteiger partial charge in [-0.2, -0.15) is 0 Å². The molecule has 0 spiro atoms. The molecule has 0 aliphatic heterocycles. The van der Waals surface area contributed by atoms with Gasteiger partial charge in [-0.3, -0.25) is 14.4 Å². The molecule has 1 aromatic rings. The van der Waals surface area contributed by atoms with Crippen LogP contribution in [0.15, 0.2) is 30.4 Å². The molecule has 6 nitrogen and oxygen atoms in total. The van der Waals surface area contributed by atoms with E-state index in [-0.39, 0.29) is 36.6 Å². The van der Waals surface area contributed by atoms with Crippen molar-refractivity contribution < 1.29 is 14.4 Å². The molecule has 0 fully saturated rings. The lowest BCUT2D eigenvalue weighted by Gasteiger charge is -2.26. The third kappa shape index (κ3) is 4.50. The molecule has 0 bridgehead atoms. The Kier molecular flexibility index (Phi) is 5.71. The Morgan fingerprint density at radius 1 is 1.00 bits per heavy atom. The van der Waals surface area contributed by atoms with E-state index in [1.54, 1.807) is 0 Å². The molecule has 2 aliphatic rings. The van der Waals surface area contributed by atoms with Crippen LogP contribution >= 0.6 is 0 Å². The molecular weight excluding hydrogens is 330 g/mol. The lowest BCUT2D eigenvalue weighted by Crippen LogP contribution is -2.46. The Balaban J connectivity index is 1.46. The Morgan fingerprint density at radius 3 is 2.54 bits per heavy atom. The summed E-state index contributed by atoms with van der Waals surface area (Å²) in [6, 6.07) is 5.70. The Morgan fingerprint density at radius 2 is 1.73 bits per heavy atom. The first-order valence-corrected chi connectivity index (χ1v) is 9.18. The normalized spacial score (nSPS) is 21.1. The van der Waals surface area contributed by atoms with E-state index in [4.69, 9.17) is 5.73 Å². The van der Waals surface area contributed by atoms with Gasteiger partial charge in [0.15, 0.2) is 0 Å². The second-order valence-corrected chi connectivity index (χ2v) is 7.01. The van der Waals surface area contributed by atoms with Gasteiger partial charge in [-0.25, -0.2) is 0 Å². The zero-order chi connectivity index (χ0) is 18.5. The minimum absolute atomic E-state index is 0.0858. The predicted molar refractivity (Wildman–Crippen MR) is 99.3 cm³/mol. The number of carbonyl (C=O) groups is 3. The molecule has 0 heterocycles. The molecule has 2 aliphatic carbocycles. The third-order valence-corrected chi connectivity index (χ3v) is 5.11. The van der Waals surface area contributed by atoms with Crippen molar-refractivity contribution in [2.45, 2.75) is 51.0 Å². The van der Waals surface area contributed by atoms with Gasteiger partial charge >= 0.3 is 0 Å². The van der Waals surface area contributed by atoms with Gasteiger partial charge in [0.25, 0.3) is 0 Å². The third-order valence-electron chi connectivity index (χ3n) is 5.11. The molecule has 0 aromatic heterocycles. The Hall–Kier alpha value is -2.63. The minimum atomic E-state index is -0.408. The van der Waals surface area contributed by atoms with Crippen molar-refractivity contribution in [2.75, 3.05) is 5.32 Å². The first-order valence-electron chi connectivity index (χ1n) is 9.18. The fourth-order valence-electron chi connectivity index (χ4n) is 3.67. The summed E-state index contributed by atoms with van der Waals surface area (Å²) in [7, 11) is 0. The number of amides is 3. The van der Waals surface area contributed by atoms with Crippen LogP contribution in [0.25, 0.3) is 0 Å². The molecule has 2 atom stereocenters. The minimum Gasteiger partial charge on any atom is -0.369 e. The Labute approximate surface area is 153 Å². The second-order valence-electron chi connectivity index (χ2n) is 7.01. The van der Waals surface area contributed by atoms with E-state index in [1.807, 2.05) is 24.3 Å². The van der Waals surface area contributed by atoms with Crippen LogP contribution in [-0.2, 0) is 27.2 Å². The molecular formula is C20H25N3O3. The highest BCUT2D eigenvalue weighted by molar-refractivity contribution is 5.93. The highest BCUT2D eigenvalue weighted by Crippen LogP contribution is 2.25. The molecule has 0 saturated carbocycles. The fraction of sp³-hybridized carbons (Fsp3) is 0.450. The second kappa shape index (κ2) is 8.17. The number of hydrogen-bond acceptors (Lipinski definition) is 3. The largest absolute Gasteiger partial charge is 0.369 e. The molecule has 0 radical (unpaired) electrons. The average Bonchev–Trinajstić information content (AvgIpc) is 3.08. The summed E-state index contributed by atoms with van der Waals surface area (Å²) >= 11 is 0. The lowest BCUT2D eigenvalue weighted by atomic mass is 9.88. The van der Waals surface area contributed by atoms with E-state index >= 15 is 0 Å². The summed E-state index contributed by atoms with van der Waals surface area (Å²) in [5.74, 6) is -1.22. The standard InChI is InChI=1S/C20H25N3O3/c21-20(26)16-6-1-2-7-17(16)23-19(25)11-10-18(24)22-15-9-8-13-4-3-5-14(13)12-15/h1-2,8-9,12,16-17H,3-7,10-11H2,(H2,21,26)(H,22,24)(H,23,25). The van der Waals surface area contributed by atoms with Crippen molar-refractivity contribution in [2.24, 2.45) is 11.7 Å². The lowest BCUT2D eigenvalue weighted by molar-refractivity contribution is -0.127. The summed E-state index contributed by atoms with van der Waals surface area (Å²) in [5, 5.41) is 5.69. The maximum atomic E-state index is 12.1. The van der Waals surface area contributed by atoms with E-state index in [1.165, 1.54) is 11.1 Å². The van der Waals surface area contributed by atoms with Crippen LogP contribution in [0.5, 0.6) is 0 Å². The van der Waals surface area contributed by atoms with Crippen molar-refractivity contribution in [1.82, 2.24) is 5.32 Å². The van der Waals surface area contributed by atoms with Gasteiger partial charge in [0, 0.05) is 24.6 Å². The topological polar surface area (TPSA) is 101 Å². The van der Waals surface area contributed by atoms with Gasteiger partial charge < -0.3 is 16.4 Å². The van der Waals surface area contributed by atoms with Crippen LogP contribution in [-0.4, -0.2) is 23.8 Å². The maximum absolute atomic E-state index is 12.1. The molecule has 4 N–H and O–H groups in total. The SMILES string of the molecule is NC(=O)C1CC=CCC1NC(=O)CCC(=O)Nc1ccc2c(c1)CCC2. The van der Waals surface area contributed by atoms with Crippen molar-refractivity contribution in [3.8, 4) is 0 Å². The van der Waals surface area contributed by atoms with E-state index in [0.29, 0.717) is 12.8 Å². The number of benzene rings is 1. The number of primary amides is 1. The average molecular weight is 355 g/mol. The van der Waals surface area contributed by atoms with Crippen LogP contribution < -0.4 is 16.4 Å². The summed E-state index contributed by atoms with van der Waals surface area (Å²) in [6.45, 7) is 0. The molecule has 3 amide bonds. The summed E-state index contributed by atoms with van der Waals surface area (Å²) in [6.07, 6.45) is 8.47. The number of nitrogens with one attached hydrogen (secondary N) is 2. The van der Waals surface area contributed by atoms with Crippen LogP contribution in [0.2, 0.25) is 0 Å². The van der Waals surface area contributed by atoms with Gasteiger partial charge in [0.2, 0.25) is 17.7 Å². The highest BCUT2D eigenvalue weighted by Gasteiger charge is 2.28. The molecule has 26 heavy (non-hydrogen) atoms. The molecule has 3 rings (SSSR count). The smallest absolute Gasteiger partial charge is 0.224 e. The number of carbonyl (C=O) groups excluding carboxylic acids is 3. The van der Waals surface area contributed by atoms with Crippen molar-refractivity contribution in [1.29, 1.82) is 0 Å². The van der Waals surface area contributed by atoms with Crippen LogP contribution in [0.4, 0.5) is 5.69 Å². The van der Waals surface area contributed by atoms with Crippen LogP contribution in [0, 0.1) is 5.92 Å². The summed E-state index contributed by atoms with van der Waals surface area (Å²) in [5.41, 5.74) is 8.82. The quantitative estimate of drug-likeness (QED) is 0.679. The number of aryl methyl sites for hydroxylation is 2. The van der Waals surface area contributed by atoms with Gasteiger partial charge in [0.1, 0.15) is 0 Å². The number of rotatable bonds is 6. The molecule has 2 unspecified atom stereocenters. The summed E-state index contributed by atoms with van der Waals surface area (Å²) < 4.78 is 0. The van der Waals surface area contributed by atoms with Crippen LogP contribution in [0.1, 0.15) is 43.2 Å².